The zero-order valence-electron chi connectivity index (χ0n) is 13.3. The maximum atomic E-state index is 14.5. The van der Waals surface area contributed by atoms with Gasteiger partial charge in [-0.2, -0.15) is 0 Å². The van der Waals surface area contributed by atoms with Crippen LogP contribution in [0.5, 0.6) is 5.75 Å². The van der Waals surface area contributed by atoms with E-state index in [1.807, 2.05) is 12.1 Å². The minimum Gasteiger partial charge on any atom is -0.489 e. The van der Waals surface area contributed by atoms with Crippen LogP contribution in [0.3, 0.4) is 0 Å². The standard InChI is InChI=1S/C17H19Cl2FN2OS/c1-2-23-17-12(18)9-11(10-13(17)20)16(14-3-4-15(19)24-14)22-7-5-21-6-8-22/h3-4,9-10,16,21H,2,5-8H2,1H3/t16-/m1/s1. The minimum absolute atomic E-state index is 0.0627. The van der Waals surface area contributed by atoms with Crippen LogP contribution >= 0.6 is 34.5 Å². The predicted molar refractivity (Wildman–Crippen MR) is 98.2 cm³/mol. The predicted octanol–water partition coefficient (Wildman–Crippen LogP) is 4.59. The Morgan fingerprint density at radius 3 is 2.62 bits per heavy atom. The molecule has 0 bridgehead atoms. The molecule has 1 atom stereocenters. The second-order valence-electron chi connectivity index (χ2n) is 5.58. The number of halogens is 3. The van der Waals surface area contributed by atoms with Crippen molar-refractivity contribution in [3.63, 3.8) is 0 Å². The maximum absolute atomic E-state index is 14.5. The highest BCUT2D eigenvalue weighted by Crippen LogP contribution is 2.39. The van der Waals surface area contributed by atoms with E-state index in [1.54, 1.807) is 13.0 Å². The topological polar surface area (TPSA) is 24.5 Å². The fourth-order valence-corrected chi connectivity index (χ4v) is 4.49. The fourth-order valence-electron chi connectivity index (χ4n) is 2.99. The maximum Gasteiger partial charge on any atom is 0.173 e. The molecule has 0 radical (unpaired) electrons. The summed E-state index contributed by atoms with van der Waals surface area (Å²) in [7, 11) is 0. The number of benzene rings is 1. The average molecular weight is 389 g/mol. The summed E-state index contributed by atoms with van der Waals surface area (Å²) in [4.78, 5) is 3.41. The lowest BCUT2D eigenvalue weighted by Gasteiger charge is -2.35. The summed E-state index contributed by atoms with van der Waals surface area (Å²) in [6.45, 7) is 5.75. The first-order valence-corrected chi connectivity index (χ1v) is 9.49. The third-order valence-electron chi connectivity index (χ3n) is 4.01. The Morgan fingerprint density at radius 1 is 1.29 bits per heavy atom. The van der Waals surface area contributed by atoms with Crippen molar-refractivity contribution in [3.8, 4) is 5.75 Å². The molecule has 1 aliphatic heterocycles. The van der Waals surface area contributed by atoms with Crippen molar-refractivity contribution in [2.75, 3.05) is 32.8 Å². The summed E-state index contributed by atoms with van der Waals surface area (Å²) in [5, 5.41) is 3.64. The molecule has 24 heavy (non-hydrogen) atoms. The van der Waals surface area contributed by atoms with Gasteiger partial charge in [0.2, 0.25) is 0 Å². The van der Waals surface area contributed by atoms with Gasteiger partial charge in [0, 0.05) is 31.1 Å². The Hall–Kier alpha value is -0.850. The molecule has 3 nitrogen and oxygen atoms in total. The van der Waals surface area contributed by atoms with E-state index in [0.717, 1.165) is 41.0 Å². The smallest absolute Gasteiger partial charge is 0.173 e. The number of ether oxygens (including phenoxy) is 1. The van der Waals surface area contributed by atoms with Gasteiger partial charge in [-0.1, -0.05) is 23.2 Å². The van der Waals surface area contributed by atoms with Crippen LogP contribution in [0.2, 0.25) is 9.36 Å². The first kappa shape index (κ1) is 18.0. The molecule has 0 aliphatic carbocycles. The van der Waals surface area contributed by atoms with E-state index in [1.165, 1.54) is 17.4 Å². The first-order valence-electron chi connectivity index (χ1n) is 7.92. The molecule has 1 N–H and O–H groups in total. The summed E-state index contributed by atoms with van der Waals surface area (Å²) in [6.07, 6.45) is 0. The van der Waals surface area contributed by atoms with E-state index in [2.05, 4.69) is 10.2 Å². The molecule has 1 aromatic carbocycles. The second kappa shape index (κ2) is 8.02. The van der Waals surface area contributed by atoms with E-state index in [-0.39, 0.29) is 11.8 Å². The summed E-state index contributed by atoms with van der Waals surface area (Å²) >= 11 is 13.9. The SMILES string of the molecule is CCOc1c(F)cc([C@H](c2ccc(Cl)s2)N2CCNCC2)cc1Cl. The molecule has 1 saturated heterocycles. The molecule has 1 aliphatic rings. The number of thiophene rings is 1. The van der Waals surface area contributed by atoms with E-state index in [4.69, 9.17) is 27.9 Å². The summed E-state index contributed by atoms with van der Waals surface area (Å²) < 4.78 is 20.5. The van der Waals surface area contributed by atoms with Gasteiger partial charge in [0.15, 0.2) is 11.6 Å². The van der Waals surface area contributed by atoms with Gasteiger partial charge < -0.3 is 10.1 Å². The van der Waals surface area contributed by atoms with E-state index in [0.29, 0.717) is 11.6 Å². The van der Waals surface area contributed by atoms with Gasteiger partial charge in [-0.05, 0) is 36.8 Å². The molecular weight excluding hydrogens is 370 g/mol. The number of rotatable bonds is 5. The van der Waals surface area contributed by atoms with E-state index >= 15 is 0 Å². The number of hydrogen-bond acceptors (Lipinski definition) is 4. The van der Waals surface area contributed by atoms with Crippen molar-refractivity contribution in [2.45, 2.75) is 13.0 Å². The van der Waals surface area contributed by atoms with Crippen molar-refractivity contribution in [1.29, 1.82) is 0 Å². The molecule has 7 heteroatoms. The van der Waals surface area contributed by atoms with Crippen LogP contribution in [0.15, 0.2) is 24.3 Å². The van der Waals surface area contributed by atoms with Crippen molar-refractivity contribution in [3.05, 3.63) is 49.9 Å². The van der Waals surface area contributed by atoms with Gasteiger partial charge in [-0.15, -0.1) is 11.3 Å². The van der Waals surface area contributed by atoms with Crippen molar-refractivity contribution >= 4 is 34.5 Å². The van der Waals surface area contributed by atoms with Gasteiger partial charge in [-0.25, -0.2) is 4.39 Å². The van der Waals surface area contributed by atoms with Crippen LogP contribution in [0, 0.1) is 5.82 Å². The highest BCUT2D eigenvalue weighted by molar-refractivity contribution is 7.16. The molecule has 0 unspecified atom stereocenters. The van der Waals surface area contributed by atoms with Crippen LogP contribution in [0.4, 0.5) is 4.39 Å². The van der Waals surface area contributed by atoms with Crippen molar-refractivity contribution in [2.24, 2.45) is 0 Å². The molecular formula is C17H19Cl2FN2OS. The van der Waals surface area contributed by atoms with Gasteiger partial charge in [-0.3, -0.25) is 4.90 Å². The van der Waals surface area contributed by atoms with Crippen molar-refractivity contribution < 1.29 is 9.13 Å². The lowest BCUT2D eigenvalue weighted by atomic mass is 10.0. The molecule has 130 valence electrons. The molecule has 1 fully saturated rings. The summed E-state index contributed by atoms with van der Waals surface area (Å²) in [5.74, 6) is -0.312. The van der Waals surface area contributed by atoms with Crippen LogP contribution in [-0.4, -0.2) is 37.7 Å². The largest absolute Gasteiger partial charge is 0.489 e. The second-order valence-corrected chi connectivity index (χ2v) is 7.73. The van der Waals surface area contributed by atoms with Crippen LogP contribution < -0.4 is 10.1 Å². The highest BCUT2D eigenvalue weighted by atomic mass is 35.5. The summed E-state index contributed by atoms with van der Waals surface area (Å²) in [5.41, 5.74) is 0.821. The van der Waals surface area contributed by atoms with Crippen LogP contribution in [-0.2, 0) is 0 Å². The number of nitrogens with one attached hydrogen (secondary N) is 1. The van der Waals surface area contributed by atoms with E-state index in [9.17, 15) is 4.39 Å². The third kappa shape index (κ3) is 3.86. The van der Waals surface area contributed by atoms with E-state index < -0.39 is 5.82 Å². The van der Waals surface area contributed by atoms with Gasteiger partial charge >= 0.3 is 0 Å². The zero-order chi connectivity index (χ0) is 17.1. The lowest BCUT2D eigenvalue weighted by Crippen LogP contribution is -2.45. The average Bonchev–Trinajstić information content (AvgIpc) is 2.98. The minimum atomic E-state index is -0.429. The van der Waals surface area contributed by atoms with Crippen LogP contribution in [0.25, 0.3) is 0 Å². The third-order valence-corrected chi connectivity index (χ3v) is 5.57. The number of piperazine rings is 1. The Labute approximate surface area is 155 Å². The fraction of sp³-hybridized carbons (Fsp3) is 0.412. The Kier molecular flexibility index (Phi) is 6.00. The first-order chi connectivity index (χ1) is 11.6. The molecule has 2 heterocycles. The Bertz CT molecular complexity index is 681. The highest BCUT2D eigenvalue weighted by Gasteiger charge is 2.27. The molecule has 2 aromatic rings. The quantitative estimate of drug-likeness (QED) is 0.810. The Balaban J connectivity index is 2.01. The van der Waals surface area contributed by atoms with Crippen LogP contribution in [0.1, 0.15) is 23.4 Å². The molecule has 3 rings (SSSR count). The lowest BCUT2D eigenvalue weighted by molar-refractivity contribution is 0.200. The van der Waals surface area contributed by atoms with Gasteiger partial charge in [0.25, 0.3) is 0 Å². The molecule has 1 aromatic heterocycles. The molecule has 0 amide bonds. The zero-order valence-corrected chi connectivity index (χ0v) is 15.6. The molecule has 0 spiro atoms. The normalized spacial score (nSPS) is 17.0. The van der Waals surface area contributed by atoms with Gasteiger partial charge in [0.1, 0.15) is 0 Å². The van der Waals surface area contributed by atoms with Crippen molar-refractivity contribution in [1.82, 2.24) is 10.2 Å². The Morgan fingerprint density at radius 2 is 2.04 bits per heavy atom. The number of hydrogen-bond donors (Lipinski definition) is 1. The van der Waals surface area contributed by atoms with Gasteiger partial charge in [0.05, 0.1) is 22.0 Å². The molecule has 0 saturated carbocycles. The summed E-state index contributed by atoms with van der Waals surface area (Å²) in [6, 6.07) is 7.14. The number of nitrogens with zero attached hydrogens (tertiary/aromatic N) is 1. The monoisotopic (exact) mass is 388 g/mol.